The van der Waals surface area contributed by atoms with Crippen molar-refractivity contribution in [3.8, 4) is 5.75 Å². The fourth-order valence-corrected chi connectivity index (χ4v) is 2.96. The summed E-state index contributed by atoms with van der Waals surface area (Å²) in [5.41, 5.74) is 7.98. The number of rotatable bonds is 4. The summed E-state index contributed by atoms with van der Waals surface area (Å²) in [6, 6.07) is 5.19. The van der Waals surface area contributed by atoms with Gasteiger partial charge in [0.05, 0.1) is 6.61 Å². The lowest BCUT2D eigenvalue weighted by Gasteiger charge is -2.35. The van der Waals surface area contributed by atoms with Crippen molar-refractivity contribution in [2.75, 3.05) is 19.7 Å². The van der Waals surface area contributed by atoms with Crippen molar-refractivity contribution >= 4 is 11.9 Å². The number of phenolic OH excluding ortho intramolecular Hbond substituents is 1. The monoisotopic (exact) mass is 422 g/mol. The molecule has 1 heterocycles. The lowest BCUT2D eigenvalue weighted by Crippen LogP contribution is -2.46. The molecule has 11 heteroatoms. The van der Waals surface area contributed by atoms with E-state index in [1.54, 1.807) is 11.0 Å². The van der Waals surface area contributed by atoms with E-state index in [-0.39, 0.29) is 17.7 Å². The van der Waals surface area contributed by atoms with Crippen LogP contribution < -0.4 is 5.73 Å². The Morgan fingerprint density at radius 1 is 1.28 bits per heavy atom. The molecule has 1 amide bonds. The lowest BCUT2D eigenvalue weighted by molar-refractivity contribution is -0.192. The topological polar surface area (TPSA) is 144 Å². The number of aryl methyl sites for hydroxylation is 1. The molecule has 1 aliphatic heterocycles. The molecule has 1 aromatic carbocycles. The van der Waals surface area contributed by atoms with Crippen LogP contribution in [0, 0.1) is 12.8 Å². The standard InChI is InChI=1S/C16H24N2O4.C2HF3O2/c1-10-2-3-12(13(20)8-10)15(17)11-4-6-18(7-5-11)16(22)14(21)9-19;3-2(4,5)1(6)7/h2-3,8,11,14-15,19-21H,4-7,9,17H2,1H3;(H,6,7). The van der Waals surface area contributed by atoms with Crippen molar-refractivity contribution in [1.29, 1.82) is 0 Å². The zero-order valence-electron chi connectivity index (χ0n) is 15.8. The first kappa shape index (κ1) is 24.7. The summed E-state index contributed by atoms with van der Waals surface area (Å²) in [5.74, 6) is -2.81. The van der Waals surface area contributed by atoms with Gasteiger partial charge in [-0.3, -0.25) is 4.79 Å². The molecule has 1 saturated heterocycles. The van der Waals surface area contributed by atoms with E-state index in [1.807, 2.05) is 19.1 Å². The molecule has 1 fully saturated rings. The van der Waals surface area contributed by atoms with E-state index in [1.165, 1.54) is 0 Å². The van der Waals surface area contributed by atoms with E-state index in [2.05, 4.69) is 0 Å². The number of hydrogen-bond donors (Lipinski definition) is 5. The Morgan fingerprint density at radius 3 is 2.21 bits per heavy atom. The van der Waals surface area contributed by atoms with Gasteiger partial charge in [0.15, 0.2) is 6.10 Å². The summed E-state index contributed by atoms with van der Waals surface area (Å²) in [6.07, 6.45) is -5.01. The number of halogens is 3. The summed E-state index contributed by atoms with van der Waals surface area (Å²) in [5, 5.41) is 35.4. The number of aliphatic hydroxyl groups is 2. The largest absolute Gasteiger partial charge is 0.508 e. The second kappa shape index (κ2) is 10.4. The predicted octanol–water partition coefficient (Wildman–Crippen LogP) is 0.926. The normalized spacial score (nSPS) is 17.1. The van der Waals surface area contributed by atoms with E-state index in [9.17, 15) is 28.2 Å². The number of aromatic hydroxyl groups is 1. The van der Waals surface area contributed by atoms with Crippen molar-refractivity contribution in [1.82, 2.24) is 4.90 Å². The van der Waals surface area contributed by atoms with Gasteiger partial charge in [-0.2, -0.15) is 13.2 Å². The third-order valence-electron chi connectivity index (χ3n) is 4.60. The summed E-state index contributed by atoms with van der Waals surface area (Å²) in [6.45, 7) is 2.35. The zero-order chi connectivity index (χ0) is 22.4. The number of carbonyl (C=O) groups is 2. The summed E-state index contributed by atoms with van der Waals surface area (Å²) in [7, 11) is 0. The van der Waals surface area contributed by atoms with Crippen LogP contribution in [0.4, 0.5) is 13.2 Å². The Balaban J connectivity index is 0.000000516. The number of carboxylic acid groups (broad SMARTS) is 1. The Hall–Kier alpha value is -2.37. The predicted molar refractivity (Wildman–Crippen MR) is 95.9 cm³/mol. The van der Waals surface area contributed by atoms with Crippen molar-refractivity contribution < 1.29 is 43.2 Å². The molecule has 6 N–H and O–H groups in total. The maximum atomic E-state index is 11.8. The van der Waals surface area contributed by atoms with E-state index >= 15 is 0 Å². The van der Waals surface area contributed by atoms with Crippen LogP contribution in [0.3, 0.4) is 0 Å². The quantitative estimate of drug-likeness (QED) is 0.485. The number of carbonyl (C=O) groups excluding carboxylic acids is 1. The molecule has 0 bridgehead atoms. The van der Waals surface area contributed by atoms with Gasteiger partial charge >= 0.3 is 12.1 Å². The van der Waals surface area contributed by atoms with Gasteiger partial charge in [-0.15, -0.1) is 0 Å². The Labute approximate surface area is 165 Å². The minimum Gasteiger partial charge on any atom is -0.508 e. The molecular weight excluding hydrogens is 397 g/mol. The third kappa shape index (κ3) is 7.18. The van der Waals surface area contributed by atoms with Gasteiger partial charge in [0.2, 0.25) is 0 Å². The number of nitrogens with zero attached hydrogens (tertiary/aromatic N) is 1. The second-order valence-corrected chi connectivity index (χ2v) is 6.75. The van der Waals surface area contributed by atoms with Gasteiger partial charge in [-0.1, -0.05) is 12.1 Å². The molecule has 1 aliphatic rings. The number of carboxylic acids is 1. The fraction of sp³-hybridized carbons (Fsp3) is 0.556. The second-order valence-electron chi connectivity index (χ2n) is 6.75. The summed E-state index contributed by atoms with van der Waals surface area (Å²) >= 11 is 0. The SMILES string of the molecule is Cc1ccc(C(N)C2CCN(C(=O)C(O)CO)CC2)c(O)c1.O=C(O)C(F)(F)F. The average molecular weight is 422 g/mol. The number of alkyl halides is 3. The van der Waals surface area contributed by atoms with Crippen LogP contribution in [0.15, 0.2) is 18.2 Å². The van der Waals surface area contributed by atoms with Gasteiger partial charge in [0, 0.05) is 24.7 Å². The Kier molecular flexibility index (Phi) is 8.86. The van der Waals surface area contributed by atoms with Crippen LogP contribution >= 0.6 is 0 Å². The van der Waals surface area contributed by atoms with Crippen molar-refractivity contribution in [2.24, 2.45) is 11.7 Å². The molecule has 164 valence electrons. The maximum Gasteiger partial charge on any atom is 0.490 e. The Morgan fingerprint density at radius 2 is 1.79 bits per heavy atom. The summed E-state index contributed by atoms with van der Waals surface area (Å²) in [4.78, 5) is 22.3. The van der Waals surface area contributed by atoms with Crippen molar-refractivity contribution in [3.63, 3.8) is 0 Å². The first-order valence-electron chi connectivity index (χ1n) is 8.81. The number of piperidine rings is 1. The van der Waals surface area contributed by atoms with Crippen LogP contribution in [-0.2, 0) is 9.59 Å². The van der Waals surface area contributed by atoms with Crippen LogP contribution in [0.25, 0.3) is 0 Å². The van der Waals surface area contributed by atoms with Gasteiger partial charge in [-0.25, -0.2) is 4.79 Å². The molecule has 0 radical (unpaired) electrons. The van der Waals surface area contributed by atoms with E-state index < -0.39 is 30.8 Å². The van der Waals surface area contributed by atoms with Gasteiger partial charge in [0.25, 0.3) is 5.91 Å². The summed E-state index contributed by atoms with van der Waals surface area (Å²) < 4.78 is 31.7. The number of aliphatic hydroxyl groups excluding tert-OH is 2. The molecule has 0 aliphatic carbocycles. The molecule has 1 aromatic rings. The molecule has 0 saturated carbocycles. The molecule has 2 unspecified atom stereocenters. The van der Waals surface area contributed by atoms with E-state index in [4.69, 9.17) is 20.7 Å². The fourth-order valence-electron chi connectivity index (χ4n) is 2.96. The van der Waals surface area contributed by atoms with Crippen LogP contribution in [-0.4, -0.2) is 69.2 Å². The van der Waals surface area contributed by atoms with Gasteiger partial charge < -0.3 is 31.1 Å². The van der Waals surface area contributed by atoms with Crippen LogP contribution in [0.5, 0.6) is 5.75 Å². The first-order valence-corrected chi connectivity index (χ1v) is 8.81. The lowest BCUT2D eigenvalue weighted by atomic mass is 9.85. The smallest absolute Gasteiger partial charge is 0.490 e. The van der Waals surface area contributed by atoms with Gasteiger partial charge in [-0.05, 0) is 37.3 Å². The highest BCUT2D eigenvalue weighted by Crippen LogP contribution is 2.33. The number of phenols is 1. The number of nitrogens with two attached hydrogens (primary N) is 1. The third-order valence-corrected chi connectivity index (χ3v) is 4.60. The molecule has 0 aromatic heterocycles. The minimum atomic E-state index is -5.08. The molecule has 2 rings (SSSR count). The number of benzene rings is 1. The maximum absolute atomic E-state index is 11.8. The highest BCUT2D eigenvalue weighted by molar-refractivity contribution is 5.80. The molecule has 29 heavy (non-hydrogen) atoms. The van der Waals surface area contributed by atoms with E-state index in [0.29, 0.717) is 25.9 Å². The number of hydrogen-bond acceptors (Lipinski definition) is 6. The molecular formula is C18H25F3N2O6. The zero-order valence-corrected chi connectivity index (χ0v) is 15.8. The highest BCUT2D eigenvalue weighted by Gasteiger charge is 2.38. The van der Waals surface area contributed by atoms with Crippen LogP contribution in [0.2, 0.25) is 0 Å². The number of aliphatic carboxylic acids is 1. The van der Waals surface area contributed by atoms with Crippen molar-refractivity contribution in [2.45, 2.75) is 38.1 Å². The number of likely N-dealkylation sites (tertiary alicyclic amines) is 1. The average Bonchev–Trinajstić information content (AvgIpc) is 2.66. The number of amides is 1. The van der Waals surface area contributed by atoms with Gasteiger partial charge in [0.1, 0.15) is 5.75 Å². The molecule has 2 atom stereocenters. The van der Waals surface area contributed by atoms with Crippen molar-refractivity contribution in [3.05, 3.63) is 29.3 Å². The molecule has 0 spiro atoms. The van der Waals surface area contributed by atoms with Crippen LogP contribution in [0.1, 0.15) is 30.0 Å². The molecule has 8 nitrogen and oxygen atoms in total. The van der Waals surface area contributed by atoms with E-state index in [0.717, 1.165) is 11.1 Å². The minimum absolute atomic E-state index is 0.170. The highest BCUT2D eigenvalue weighted by atomic mass is 19.4. The first-order chi connectivity index (χ1) is 13.4. The Bertz CT molecular complexity index is 705.